The van der Waals surface area contributed by atoms with Crippen LogP contribution in [-0.4, -0.2) is 41.5 Å². The van der Waals surface area contributed by atoms with Crippen LogP contribution in [0.4, 0.5) is 5.13 Å². The third-order valence-corrected chi connectivity index (χ3v) is 3.09. The minimum atomic E-state index is -0.0174. The fourth-order valence-corrected chi connectivity index (χ4v) is 2.22. The number of hydrogen-bond donors (Lipinski definition) is 2. The standard InChI is InChI=1S/C9H14N4OS/c1-6-5-15-9(11-6)12-8(14)4-13-2-7(10)3-13/h5,7H,2-4,10H2,1H3,(H,11,12,14). The van der Waals surface area contributed by atoms with Gasteiger partial charge in [-0.3, -0.25) is 9.69 Å². The maximum atomic E-state index is 11.5. The molecule has 5 nitrogen and oxygen atoms in total. The van der Waals surface area contributed by atoms with E-state index in [0.717, 1.165) is 18.8 Å². The van der Waals surface area contributed by atoms with Crippen LogP contribution in [0.25, 0.3) is 0 Å². The lowest BCUT2D eigenvalue weighted by Gasteiger charge is -2.35. The number of aryl methyl sites for hydroxylation is 1. The zero-order valence-electron chi connectivity index (χ0n) is 8.56. The van der Waals surface area contributed by atoms with Gasteiger partial charge in [0.25, 0.3) is 0 Å². The fraction of sp³-hybridized carbons (Fsp3) is 0.556. The van der Waals surface area contributed by atoms with Crippen LogP contribution >= 0.6 is 11.3 Å². The number of rotatable bonds is 3. The molecule has 0 bridgehead atoms. The van der Waals surface area contributed by atoms with Crippen LogP contribution in [0.1, 0.15) is 5.69 Å². The van der Waals surface area contributed by atoms with Crippen LogP contribution in [0, 0.1) is 6.92 Å². The smallest absolute Gasteiger partial charge is 0.240 e. The van der Waals surface area contributed by atoms with E-state index in [1.807, 2.05) is 17.2 Å². The second-order valence-electron chi connectivity index (χ2n) is 3.80. The highest BCUT2D eigenvalue weighted by Crippen LogP contribution is 2.14. The zero-order chi connectivity index (χ0) is 10.8. The van der Waals surface area contributed by atoms with Crippen molar-refractivity contribution in [3.8, 4) is 0 Å². The molecule has 0 radical (unpaired) electrons. The molecule has 0 atom stereocenters. The molecule has 1 aromatic heterocycles. The molecule has 6 heteroatoms. The number of carbonyl (C=O) groups excluding carboxylic acids is 1. The van der Waals surface area contributed by atoms with Crippen LogP contribution in [0.3, 0.4) is 0 Å². The summed E-state index contributed by atoms with van der Waals surface area (Å²) in [6.45, 7) is 3.93. The van der Waals surface area contributed by atoms with E-state index in [1.165, 1.54) is 11.3 Å². The number of likely N-dealkylation sites (tertiary alicyclic amines) is 1. The van der Waals surface area contributed by atoms with Gasteiger partial charge in [0.15, 0.2) is 5.13 Å². The quantitative estimate of drug-likeness (QED) is 0.763. The predicted molar refractivity (Wildman–Crippen MR) is 59.9 cm³/mol. The molecule has 1 aliphatic heterocycles. The van der Waals surface area contributed by atoms with Crippen molar-refractivity contribution in [2.45, 2.75) is 13.0 Å². The van der Waals surface area contributed by atoms with Crippen molar-refractivity contribution >= 4 is 22.4 Å². The van der Waals surface area contributed by atoms with Gasteiger partial charge in [-0.2, -0.15) is 0 Å². The van der Waals surface area contributed by atoms with Crippen LogP contribution in [0.5, 0.6) is 0 Å². The average Bonchev–Trinajstić information content (AvgIpc) is 2.48. The summed E-state index contributed by atoms with van der Waals surface area (Å²) in [6, 6.07) is 0.236. The number of nitrogens with two attached hydrogens (primary N) is 1. The summed E-state index contributed by atoms with van der Waals surface area (Å²) in [4.78, 5) is 17.7. The molecule has 0 unspecified atom stereocenters. The Labute approximate surface area is 92.3 Å². The molecule has 82 valence electrons. The molecule has 2 heterocycles. The number of nitrogens with one attached hydrogen (secondary N) is 1. The van der Waals surface area contributed by atoms with Gasteiger partial charge < -0.3 is 11.1 Å². The Kier molecular flexibility index (Phi) is 2.99. The fourth-order valence-electron chi connectivity index (χ4n) is 1.51. The maximum absolute atomic E-state index is 11.5. The number of aromatic nitrogens is 1. The summed E-state index contributed by atoms with van der Waals surface area (Å²) in [5.41, 5.74) is 6.55. The Morgan fingerprint density at radius 3 is 3.07 bits per heavy atom. The van der Waals surface area contributed by atoms with Crippen LogP contribution in [0.2, 0.25) is 0 Å². The van der Waals surface area contributed by atoms with Crippen molar-refractivity contribution in [1.29, 1.82) is 0 Å². The van der Waals surface area contributed by atoms with E-state index < -0.39 is 0 Å². The molecule has 1 fully saturated rings. The minimum Gasteiger partial charge on any atom is -0.325 e. The largest absolute Gasteiger partial charge is 0.325 e. The molecule has 1 aromatic rings. The number of carbonyl (C=O) groups is 1. The maximum Gasteiger partial charge on any atom is 0.240 e. The van der Waals surface area contributed by atoms with Gasteiger partial charge in [0, 0.05) is 24.5 Å². The van der Waals surface area contributed by atoms with E-state index in [2.05, 4.69) is 10.3 Å². The third-order valence-electron chi connectivity index (χ3n) is 2.22. The van der Waals surface area contributed by atoms with Gasteiger partial charge in [0.05, 0.1) is 12.2 Å². The van der Waals surface area contributed by atoms with Crippen LogP contribution < -0.4 is 11.1 Å². The van der Waals surface area contributed by atoms with Crippen molar-refractivity contribution in [1.82, 2.24) is 9.88 Å². The van der Waals surface area contributed by atoms with Gasteiger partial charge in [-0.1, -0.05) is 0 Å². The average molecular weight is 226 g/mol. The molecule has 2 rings (SSSR count). The summed E-state index contributed by atoms with van der Waals surface area (Å²) >= 11 is 1.44. The summed E-state index contributed by atoms with van der Waals surface area (Å²) in [5, 5.41) is 5.34. The van der Waals surface area contributed by atoms with E-state index >= 15 is 0 Å². The molecule has 0 saturated carbocycles. The second kappa shape index (κ2) is 4.26. The SMILES string of the molecule is Cc1csc(NC(=O)CN2CC(N)C2)n1. The Balaban J connectivity index is 1.77. The lowest BCUT2D eigenvalue weighted by atomic mass is 10.1. The highest BCUT2D eigenvalue weighted by Gasteiger charge is 2.24. The molecule has 0 aliphatic carbocycles. The number of nitrogens with zero attached hydrogens (tertiary/aromatic N) is 2. The van der Waals surface area contributed by atoms with E-state index in [4.69, 9.17) is 5.73 Å². The Morgan fingerprint density at radius 2 is 2.53 bits per heavy atom. The number of hydrogen-bond acceptors (Lipinski definition) is 5. The normalized spacial score (nSPS) is 17.5. The molecular weight excluding hydrogens is 212 g/mol. The van der Waals surface area contributed by atoms with Crippen molar-refractivity contribution < 1.29 is 4.79 Å². The molecule has 0 aromatic carbocycles. The Hall–Kier alpha value is -0.980. The molecule has 15 heavy (non-hydrogen) atoms. The number of thiazole rings is 1. The van der Waals surface area contributed by atoms with Crippen LogP contribution in [0.15, 0.2) is 5.38 Å². The molecule has 1 saturated heterocycles. The Morgan fingerprint density at radius 1 is 1.80 bits per heavy atom. The first-order chi connectivity index (χ1) is 7.13. The molecule has 1 amide bonds. The van der Waals surface area contributed by atoms with E-state index in [1.54, 1.807) is 0 Å². The number of amides is 1. The zero-order valence-corrected chi connectivity index (χ0v) is 9.38. The second-order valence-corrected chi connectivity index (χ2v) is 4.65. The van der Waals surface area contributed by atoms with Gasteiger partial charge in [-0.05, 0) is 6.92 Å². The van der Waals surface area contributed by atoms with Gasteiger partial charge in [-0.15, -0.1) is 11.3 Å². The minimum absolute atomic E-state index is 0.0174. The summed E-state index contributed by atoms with van der Waals surface area (Å²) in [5.74, 6) is -0.0174. The van der Waals surface area contributed by atoms with Gasteiger partial charge in [0.2, 0.25) is 5.91 Å². The van der Waals surface area contributed by atoms with Crippen molar-refractivity contribution in [2.75, 3.05) is 25.0 Å². The molecule has 1 aliphatic rings. The summed E-state index contributed by atoms with van der Waals surface area (Å²) in [6.07, 6.45) is 0. The first-order valence-corrected chi connectivity index (χ1v) is 5.71. The van der Waals surface area contributed by atoms with Crippen LogP contribution in [-0.2, 0) is 4.79 Å². The highest BCUT2D eigenvalue weighted by atomic mass is 32.1. The molecule has 3 N–H and O–H groups in total. The monoisotopic (exact) mass is 226 g/mol. The lowest BCUT2D eigenvalue weighted by molar-refractivity contribution is -0.118. The van der Waals surface area contributed by atoms with Crippen molar-refractivity contribution in [3.63, 3.8) is 0 Å². The first-order valence-electron chi connectivity index (χ1n) is 4.83. The summed E-state index contributed by atoms with van der Waals surface area (Å²) in [7, 11) is 0. The molecule has 0 spiro atoms. The third kappa shape index (κ3) is 2.74. The van der Waals surface area contributed by atoms with E-state index in [0.29, 0.717) is 11.7 Å². The van der Waals surface area contributed by atoms with E-state index in [9.17, 15) is 4.79 Å². The van der Waals surface area contributed by atoms with Gasteiger partial charge in [0.1, 0.15) is 0 Å². The van der Waals surface area contributed by atoms with Crippen molar-refractivity contribution in [2.24, 2.45) is 5.73 Å². The Bertz CT molecular complexity index is 359. The first kappa shape index (κ1) is 10.5. The van der Waals surface area contributed by atoms with Gasteiger partial charge in [-0.25, -0.2) is 4.98 Å². The topological polar surface area (TPSA) is 71.2 Å². The van der Waals surface area contributed by atoms with Crippen molar-refractivity contribution in [3.05, 3.63) is 11.1 Å². The number of anilines is 1. The summed E-state index contributed by atoms with van der Waals surface area (Å²) < 4.78 is 0. The van der Waals surface area contributed by atoms with Gasteiger partial charge >= 0.3 is 0 Å². The molecular formula is C9H14N4OS. The highest BCUT2D eigenvalue weighted by molar-refractivity contribution is 7.13. The lowest BCUT2D eigenvalue weighted by Crippen LogP contribution is -2.57. The van der Waals surface area contributed by atoms with E-state index in [-0.39, 0.29) is 11.9 Å². The predicted octanol–water partition coefficient (Wildman–Crippen LogP) is 0.0329.